The Bertz CT molecular complexity index is 378. The van der Waals surface area contributed by atoms with Crippen LogP contribution in [-0.4, -0.2) is 12.3 Å². The lowest BCUT2D eigenvalue weighted by Gasteiger charge is -2.16. The molecule has 0 saturated carbocycles. The summed E-state index contributed by atoms with van der Waals surface area (Å²) < 4.78 is 54.2. The van der Waals surface area contributed by atoms with Crippen molar-refractivity contribution in [2.24, 2.45) is 5.73 Å². The van der Waals surface area contributed by atoms with Crippen molar-refractivity contribution in [1.82, 2.24) is 0 Å². The van der Waals surface area contributed by atoms with Crippen molar-refractivity contribution in [2.45, 2.75) is 32.4 Å². The molecule has 1 aromatic rings. The second-order valence-electron chi connectivity index (χ2n) is 3.62. The molecule has 1 rings (SSSR count). The summed E-state index contributed by atoms with van der Waals surface area (Å²) in [5.74, 6) is -0.472. The summed E-state index contributed by atoms with van der Waals surface area (Å²) in [6.07, 6.45) is -6.25. The van der Waals surface area contributed by atoms with Crippen LogP contribution in [-0.2, 0) is 17.9 Å². The third-order valence-corrected chi connectivity index (χ3v) is 2.29. The van der Waals surface area contributed by atoms with Gasteiger partial charge in [-0.2, -0.15) is 13.2 Å². The molecule has 0 aliphatic carbocycles. The van der Waals surface area contributed by atoms with E-state index in [9.17, 15) is 17.6 Å². The molecule has 1 unspecified atom stereocenters. The highest BCUT2D eigenvalue weighted by molar-refractivity contribution is 5.24. The molecule has 0 aliphatic heterocycles. The minimum Gasteiger partial charge on any atom is -0.364 e. The molecule has 0 heterocycles. The van der Waals surface area contributed by atoms with E-state index in [1.54, 1.807) is 0 Å². The summed E-state index contributed by atoms with van der Waals surface area (Å²) in [5.41, 5.74) is 6.00. The third kappa shape index (κ3) is 3.98. The molecule has 2 N–H and O–H groups in total. The zero-order valence-corrected chi connectivity index (χ0v) is 9.22. The summed E-state index contributed by atoms with van der Waals surface area (Å²) in [5, 5.41) is 0. The molecule has 1 aromatic carbocycles. The molecule has 0 fully saturated rings. The van der Waals surface area contributed by atoms with Crippen LogP contribution in [0.3, 0.4) is 0 Å². The maximum absolute atomic E-state index is 13.1. The molecule has 0 radical (unpaired) electrons. The summed E-state index contributed by atoms with van der Waals surface area (Å²) in [6.45, 7) is 0.690. The van der Waals surface area contributed by atoms with E-state index in [1.165, 1.54) is 18.2 Å². The molecule has 0 amide bonds. The minimum atomic E-state index is -4.39. The molecule has 0 aromatic heterocycles. The van der Waals surface area contributed by atoms with Crippen LogP contribution in [0.4, 0.5) is 17.6 Å². The van der Waals surface area contributed by atoms with Crippen LogP contribution < -0.4 is 5.73 Å². The Morgan fingerprint density at radius 2 is 2.00 bits per heavy atom. The van der Waals surface area contributed by atoms with E-state index in [0.717, 1.165) is 6.92 Å². The molecule has 17 heavy (non-hydrogen) atoms. The van der Waals surface area contributed by atoms with E-state index >= 15 is 0 Å². The number of benzene rings is 1. The van der Waals surface area contributed by atoms with E-state index in [0.29, 0.717) is 5.56 Å². The lowest BCUT2D eigenvalue weighted by molar-refractivity contribution is -0.217. The van der Waals surface area contributed by atoms with E-state index in [2.05, 4.69) is 4.74 Å². The molecule has 0 aliphatic rings. The summed E-state index contributed by atoms with van der Waals surface area (Å²) in [4.78, 5) is 0. The third-order valence-electron chi connectivity index (χ3n) is 2.29. The highest BCUT2D eigenvalue weighted by atomic mass is 19.4. The quantitative estimate of drug-likeness (QED) is 0.835. The fourth-order valence-electron chi connectivity index (χ4n) is 1.19. The zero-order chi connectivity index (χ0) is 13.1. The highest BCUT2D eigenvalue weighted by Crippen LogP contribution is 2.23. The Labute approximate surface area is 96.4 Å². The van der Waals surface area contributed by atoms with Crippen molar-refractivity contribution in [3.05, 3.63) is 35.1 Å². The average Bonchev–Trinajstić information content (AvgIpc) is 2.26. The summed E-state index contributed by atoms with van der Waals surface area (Å²) >= 11 is 0. The Hall–Kier alpha value is -1.14. The molecule has 2 nitrogen and oxygen atoms in total. The first-order chi connectivity index (χ1) is 7.84. The smallest absolute Gasteiger partial charge is 0.364 e. The van der Waals surface area contributed by atoms with Crippen molar-refractivity contribution >= 4 is 0 Å². The van der Waals surface area contributed by atoms with Crippen LogP contribution in [0, 0.1) is 5.82 Å². The van der Waals surface area contributed by atoms with E-state index in [4.69, 9.17) is 5.73 Å². The predicted molar refractivity (Wildman–Crippen MR) is 54.6 cm³/mol. The largest absolute Gasteiger partial charge is 0.414 e. The standard InChI is InChI=1S/C11H13F4NO/c1-7(11(13,14)15)17-6-8-2-3-10(12)9(4-8)5-16/h2-4,7H,5-6,16H2,1H3. The Balaban J connectivity index is 2.64. The molecule has 0 bridgehead atoms. The number of rotatable bonds is 4. The van der Waals surface area contributed by atoms with Crippen LogP contribution in [0.2, 0.25) is 0 Å². The molecular weight excluding hydrogens is 238 g/mol. The van der Waals surface area contributed by atoms with Crippen molar-refractivity contribution in [1.29, 1.82) is 0 Å². The van der Waals surface area contributed by atoms with Crippen LogP contribution in [0.25, 0.3) is 0 Å². The van der Waals surface area contributed by atoms with Gasteiger partial charge in [0.25, 0.3) is 0 Å². The van der Waals surface area contributed by atoms with Gasteiger partial charge < -0.3 is 10.5 Å². The maximum atomic E-state index is 13.1. The van der Waals surface area contributed by atoms with Crippen LogP contribution >= 0.6 is 0 Å². The number of halogens is 4. The lowest BCUT2D eigenvalue weighted by atomic mass is 10.1. The normalized spacial score (nSPS) is 13.8. The van der Waals surface area contributed by atoms with Gasteiger partial charge in [0, 0.05) is 12.1 Å². The van der Waals surface area contributed by atoms with E-state index in [-0.39, 0.29) is 18.7 Å². The molecule has 96 valence electrons. The first kappa shape index (κ1) is 13.9. The van der Waals surface area contributed by atoms with E-state index in [1.807, 2.05) is 0 Å². The Morgan fingerprint density at radius 3 is 2.53 bits per heavy atom. The zero-order valence-electron chi connectivity index (χ0n) is 9.22. The van der Waals surface area contributed by atoms with Crippen molar-refractivity contribution in [2.75, 3.05) is 0 Å². The van der Waals surface area contributed by atoms with Gasteiger partial charge in [-0.1, -0.05) is 6.07 Å². The van der Waals surface area contributed by atoms with Gasteiger partial charge >= 0.3 is 6.18 Å². The van der Waals surface area contributed by atoms with Gasteiger partial charge in [0.15, 0.2) is 6.10 Å². The SMILES string of the molecule is CC(OCc1ccc(F)c(CN)c1)C(F)(F)F. The summed E-state index contributed by atoms with van der Waals surface area (Å²) in [6, 6.07) is 3.94. The second kappa shape index (κ2) is 5.46. The number of nitrogens with two attached hydrogens (primary N) is 1. The second-order valence-corrected chi connectivity index (χ2v) is 3.62. The topological polar surface area (TPSA) is 35.2 Å². The lowest BCUT2D eigenvalue weighted by Crippen LogP contribution is -2.28. The van der Waals surface area contributed by atoms with Crippen molar-refractivity contribution in [3.63, 3.8) is 0 Å². The first-order valence-electron chi connectivity index (χ1n) is 5.00. The van der Waals surface area contributed by atoms with Crippen LogP contribution in [0.15, 0.2) is 18.2 Å². The average molecular weight is 251 g/mol. The van der Waals surface area contributed by atoms with Gasteiger partial charge in [-0.15, -0.1) is 0 Å². The van der Waals surface area contributed by atoms with Gasteiger partial charge in [0.2, 0.25) is 0 Å². The molecule has 0 spiro atoms. The Kier molecular flexibility index (Phi) is 4.47. The van der Waals surface area contributed by atoms with Crippen molar-refractivity contribution < 1.29 is 22.3 Å². The van der Waals surface area contributed by atoms with Crippen LogP contribution in [0.5, 0.6) is 0 Å². The van der Waals surface area contributed by atoms with E-state index < -0.39 is 18.1 Å². The monoisotopic (exact) mass is 251 g/mol. The van der Waals surface area contributed by atoms with Gasteiger partial charge in [-0.3, -0.25) is 0 Å². The fourth-order valence-corrected chi connectivity index (χ4v) is 1.19. The van der Waals surface area contributed by atoms with Crippen LogP contribution in [0.1, 0.15) is 18.1 Å². The minimum absolute atomic E-state index is 0.00546. The summed E-state index contributed by atoms with van der Waals surface area (Å²) in [7, 11) is 0. The van der Waals surface area contributed by atoms with Gasteiger partial charge in [0.1, 0.15) is 5.82 Å². The number of ether oxygens (including phenoxy) is 1. The number of hydrogen-bond acceptors (Lipinski definition) is 2. The van der Waals surface area contributed by atoms with Crippen molar-refractivity contribution in [3.8, 4) is 0 Å². The van der Waals surface area contributed by atoms with Gasteiger partial charge in [-0.25, -0.2) is 4.39 Å². The highest BCUT2D eigenvalue weighted by Gasteiger charge is 2.36. The molecule has 0 saturated heterocycles. The molecular formula is C11H13F4NO. The number of alkyl halides is 3. The Morgan fingerprint density at radius 1 is 1.35 bits per heavy atom. The van der Waals surface area contributed by atoms with Gasteiger partial charge in [0.05, 0.1) is 6.61 Å². The molecule has 6 heteroatoms. The first-order valence-corrected chi connectivity index (χ1v) is 5.00. The fraction of sp³-hybridized carbons (Fsp3) is 0.455. The molecule has 1 atom stereocenters. The van der Waals surface area contributed by atoms with Gasteiger partial charge in [-0.05, 0) is 24.6 Å². The maximum Gasteiger partial charge on any atom is 0.414 e. The number of hydrogen-bond donors (Lipinski definition) is 1. The predicted octanol–water partition coefficient (Wildman–Crippen LogP) is 2.75.